The van der Waals surface area contributed by atoms with Gasteiger partial charge in [-0.25, -0.2) is 0 Å². The Morgan fingerprint density at radius 3 is 2.83 bits per heavy atom. The Balaban J connectivity index is 1.81. The van der Waals surface area contributed by atoms with Gasteiger partial charge in [-0.2, -0.15) is 0 Å². The lowest BCUT2D eigenvalue weighted by atomic mass is 10.1. The summed E-state index contributed by atoms with van der Waals surface area (Å²) in [6, 6.07) is 12.4. The number of rotatable bonds is 3. The first-order valence-corrected chi connectivity index (χ1v) is 7.96. The summed E-state index contributed by atoms with van der Waals surface area (Å²) in [5.74, 6) is 0.0561. The molecule has 2 amide bonds. The lowest BCUT2D eigenvalue weighted by Crippen LogP contribution is -2.47. The van der Waals surface area contributed by atoms with Gasteiger partial charge < -0.3 is 10.1 Å². The maximum atomic E-state index is 12.4. The second kappa shape index (κ2) is 6.53. The van der Waals surface area contributed by atoms with Gasteiger partial charge in [0, 0.05) is 10.7 Å². The van der Waals surface area contributed by atoms with Crippen LogP contribution in [0, 0.1) is 6.92 Å². The summed E-state index contributed by atoms with van der Waals surface area (Å²) in [4.78, 5) is 26.3. The van der Waals surface area contributed by atoms with Gasteiger partial charge >= 0.3 is 0 Å². The molecule has 0 radical (unpaired) electrons. The average molecular weight is 345 g/mol. The summed E-state index contributed by atoms with van der Waals surface area (Å²) in [6.45, 7) is 3.46. The van der Waals surface area contributed by atoms with Gasteiger partial charge in [0.25, 0.3) is 5.91 Å². The Morgan fingerprint density at radius 1 is 1.29 bits per heavy atom. The number of amides is 2. The van der Waals surface area contributed by atoms with Gasteiger partial charge in [0.15, 0.2) is 6.10 Å². The Morgan fingerprint density at radius 2 is 2.04 bits per heavy atom. The topological polar surface area (TPSA) is 58.6 Å². The second-order valence-corrected chi connectivity index (χ2v) is 6.10. The first-order chi connectivity index (χ1) is 11.5. The van der Waals surface area contributed by atoms with Crippen molar-refractivity contribution in [3.8, 4) is 5.75 Å². The van der Waals surface area contributed by atoms with E-state index in [0.29, 0.717) is 22.1 Å². The molecule has 124 valence electrons. The van der Waals surface area contributed by atoms with Crippen LogP contribution in [-0.2, 0) is 9.59 Å². The summed E-state index contributed by atoms with van der Waals surface area (Å²) in [6.07, 6.45) is -0.624. The fourth-order valence-electron chi connectivity index (χ4n) is 2.58. The van der Waals surface area contributed by atoms with Crippen molar-refractivity contribution in [2.24, 2.45) is 0 Å². The zero-order valence-corrected chi connectivity index (χ0v) is 14.1. The first-order valence-electron chi connectivity index (χ1n) is 7.59. The van der Waals surface area contributed by atoms with Gasteiger partial charge in [-0.3, -0.25) is 14.5 Å². The SMILES string of the molecule is Cc1ccc(Cl)cc1NC(=O)CN1C(=O)C(C)Oc2ccccc21. The molecule has 1 unspecified atom stereocenters. The van der Waals surface area contributed by atoms with Crippen LogP contribution in [0.25, 0.3) is 0 Å². The minimum Gasteiger partial charge on any atom is -0.479 e. The number of carbonyl (C=O) groups is 2. The molecule has 2 aromatic rings. The van der Waals surface area contributed by atoms with E-state index in [-0.39, 0.29) is 18.4 Å². The second-order valence-electron chi connectivity index (χ2n) is 5.66. The van der Waals surface area contributed by atoms with Crippen LogP contribution >= 0.6 is 11.6 Å². The third kappa shape index (κ3) is 3.21. The number of hydrogen-bond donors (Lipinski definition) is 1. The minimum atomic E-state index is -0.624. The summed E-state index contributed by atoms with van der Waals surface area (Å²) >= 11 is 5.97. The van der Waals surface area contributed by atoms with Crippen LogP contribution < -0.4 is 15.0 Å². The smallest absolute Gasteiger partial charge is 0.268 e. The number of fused-ring (bicyclic) bond motifs is 1. The van der Waals surface area contributed by atoms with Crippen molar-refractivity contribution in [1.82, 2.24) is 0 Å². The van der Waals surface area contributed by atoms with Crippen molar-refractivity contribution in [3.63, 3.8) is 0 Å². The molecule has 1 heterocycles. The molecule has 0 fully saturated rings. The number of hydrogen-bond acceptors (Lipinski definition) is 3. The number of anilines is 2. The summed E-state index contributed by atoms with van der Waals surface area (Å²) < 4.78 is 5.57. The van der Waals surface area contributed by atoms with E-state index < -0.39 is 6.10 Å². The maximum Gasteiger partial charge on any atom is 0.268 e. The van der Waals surface area contributed by atoms with Gasteiger partial charge in [-0.1, -0.05) is 29.8 Å². The fraction of sp³-hybridized carbons (Fsp3) is 0.222. The highest BCUT2D eigenvalue weighted by Crippen LogP contribution is 2.33. The molecule has 3 rings (SSSR count). The molecule has 0 aliphatic carbocycles. The van der Waals surface area contributed by atoms with Crippen LogP contribution in [0.3, 0.4) is 0 Å². The number of ether oxygens (including phenoxy) is 1. The number of aryl methyl sites for hydroxylation is 1. The number of nitrogens with one attached hydrogen (secondary N) is 1. The third-order valence-corrected chi connectivity index (χ3v) is 4.08. The zero-order valence-electron chi connectivity index (χ0n) is 13.4. The lowest BCUT2D eigenvalue weighted by Gasteiger charge is -2.32. The monoisotopic (exact) mass is 344 g/mol. The van der Waals surface area contributed by atoms with Gasteiger partial charge in [-0.05, 0) is 43.7 Å². The molecular formula is C18H17ClN2O3. The van der Waals surface area contributed by atoms with Crippen LogP contribution in [0.1, 0.15) is 12.5 Å². The predicted molar refractivity (Wildman–Crippen MR) is 93.7 cm³/mol. The van der Waals surface area contributed by atoms with E-state index in [1.165, 1.54) is 4.90 Å². The number of para-hydroxylation sites is 2. The molecule has 1 N–H and O–H groups in total. The van der Waals surface area contributed by atoms with Crippen LogP contribution in [-0.4, -0.2) is 24.5 Å². The molecule has 6 heteroatoms. The van der Waals surface area contributed by atoms with Crippen molar-refractivity contribution in [3.05, 3.63) is 53.1 Å². The van der Waals surface area contributed by atoms with Gasteiger partial charge in [0.05, 0.1) is 5.69 Å². The van der Waals surface area contributed by atoms with Gasteiger partial charge in [0.2, 0.25) is 5.91 Å². The fourth-order valence-corrected chi connectivity index (χ4v) is 2.76. The first kappa shape index (κ1) is 16.3. The van der Waals surface area contributed by atoms with E-state index in [0.717, 1.165) is 5.56 Å². The molecule has 1 aliphatic heterocycles. The normalized spacial score (nSPS) is 16.4. The van der Waals surface area contributed by atoms with Crippen LogP contribution in [0.15, 0.2) is 42.5 Å². The molecule has 0 saturated carbocycles. The number of nitrogens with zero attached hydrogens (tertiary/aromatic N) is 1. The summed E-state index contributed by atoms with van der Waals surface area (Å²) in [5, 5.41) is 3.35. The van der Waals surface area contributed by atoms with Gasteiger partial charge in [0.1, 0.15) is 12.3 Å². The highest BCUT2D eigenvalue weighted by atomic mass is 35.5. The van der Waals surface area contributed by atoms with Crippen LogP contribution in [0.4, 0.5) is 11.4 Å². The maximum absolute atomic E-state index is 12.4. The van der Waals surface area contributed by atoms with E-state index in [9.17, 15) is 9.59 Å². The molecule has 0 saturated heterocycles. The minimum absolute atomic E-state index is 0.0878. The molecule has 24 heavy (non-hydrogen) atoms. The third-order valence-electron chi connectivity index (χ3n) is 3.85. The summed E-state index contributed by atoms with van der Waals surface area (Å²) in [5.41, 5.74) is 2.13. The molecule has 1 aliphatic rings. The number of benzene rings is 2. The standard InChI is InChI=1S/C18H17ClN2O3/c1-11-7-8-13(19)9-14(11)20-17(22)10-21-15-5-3-4-6-16(15)24-12(2)18(21)23/h3-9,12H,10H2,1-2H3,(H,20,22). The van der Waals surface area contributed by atoms with Crippen molar-refractivity contribution in [1.29, 1.82) is 0 Å². The molecule has 0 spiro atoms. The molecular weight excluding hydrogens is 328 g/mol. The predicted octanol–water partition coefficient (Wildman–Crippen LogP) is 3.40. The largest absolute Gasteiger partial charge is 0.479 e. The Bertz CT molecular complexity index is 807. The van der Waals surface area contributed by atoms with E-state index in [4.69, 9.17) is 16.3 Å². The Kier molecular flexibility index (Phi) is 4.44. The lowest BCUT2D eigenvalue weighted by molar-refractivity contribution is -0.127. The van der Waals surface area contributed by atoms with Crippen LogP contribution in [0.2, 0.25) is 5.02 Å². The molecule has 1 atom stereocenters. The Hall–Kier alpha value is -2.53. The highest BCUT2D eigenvalue weighted by molar-refractivity contribution is 6.31. The molecule has 0 bridgehead atoms. The number of halogens is 1. The molecule has 0 aromatic heterocycles. The van der Waals surface area contributed by atoms with Gasteiger partial charge in [-0.15, -0.1) is 0 Å². The quantitative estimate of drug-likeness (QED) is 0.928. The van der Waals surface area contributed by atoms with Crippen molar-refractivity contribution < 1.29 is 14.3 Å². The summed E-state index contributed by atoms with van der Waals surface area (Å²) in [7, 11) is 0. The van der Waals surface area contributed by atoms with E-state index in [2.05, 4.69) is 5.32 Å². The Labute approximate surface area is 145 Å². The van der Waals surface area contributed by atoms with E-state index >= 15 is 0 Å². The highest BCUT2D eigenvalue weighted by Gasteiger charge is 2.32. The van der Waals surface area contributed by atoms with E-state index in [1.54, 1.807) is 37.3 Å². The molecule has 5 nitrogen and oxygen atoms in total. The van der Waals surface area contributed by atoms with Crippen LogP contribution in [0.5, 0.6) is 5.75 Å². The van der Waals surface area contributed by atoms with Crippen molar-refractivity contribution in [2.45, 2.75) is 20.0 Å². The number of carbonyl (C=O) groups excluding carboxylic acids is 2. The van der Waals surface area contributed by atoms with E-state index in [1.807, 2.05) is 19.1 Å². The zero-order chi connectivity index (χ0) is 17.3. The van der Waals surface area contributed by atoms with Crippen molar-refractivity contribution >= 4 is 34.8 Å². The average Bonchev–Trinajstić information content (AvgIpc) is 2.55. The van der Waals surface area contributed by atoms with Crippen molar-refractivity contribution in [2.75, 3.05) is 16.8 Å². The molecule has 2 aromatic carbocycles.